The van der Waals surface area contributed by atoms with Gasteiger partial charge in [0.15, 0.2) is 0 Å². The molecule has 0 unspecified atom stereocenters. The molecule has 0 saturated carbocycles. The van der Waals surface area contributed by atoms with Gasteiger partial charge in [0, 0.05) is 0 Å². The molecule has 0 aromatic heterocycles. The molecule has 1 aliphatic rings. The molecule has 2 aromatic rings. The summed E-state index contributed by atoms with van der Waals surface area (Å²) >= 11 is 0. The van der Waals surface area contributed by atoms with Crippen LogP contribution in [0.5, 0.6) is 5.75 Å². The molecule has 4 amide bonds. The van der Waals surface area contributed by atoms with Crippen LogP contribution in [-0.4, -0.2) is 24.5 Å². The molecule has 0 atom stereocenters. The highest BCUT2D eigenvalue weighted by molar-refractivity contribution is 6.39. The monoisotopic (exact) mass is 336 g/mol. The molecule has 6 nitrogen and oxygen atoms in total. The summed E-state index contributed by atoms with van der Waals surface area (Å²) in [6.07, 6.45) is 1.45. The highest BCUT2D eigenvalue weighted by Crippen LogP contribution is 2.22. The van der Waals surface area contributed by atoms with Crippen molar-refractivity contribution in [3.8, 4) is 5.75 Å². The van der Waals surface area contributed by atoms with Crippen molar-refractivity contribution in [3.05, 3.63) is 65.7 Å². The number of imide groups is 2. The molecule has 1 heterocycles. The van der Waals surface area contributed by atoms with Crippen molar-refractivity contribution >= 4 is 29.6 Å². The average Bonchev–Trinajstić information content (AvgIpc) is 2.61. The third-order valence-electron chi connectivity index (χ3n) is 3.62. The predicted octanol–water partition coefficient (Wildman–Crippen LogP) is 2.75. The number of carbonyl (C=O) groups is 3. The lowest BCUT2D eigenvalue weighted by atomic mass is 10.1. The lowest BCUT2D eigenvalue weighted by Gasteiger charge is -2.26. The third-order valence-corrected chi connectivity index (χ3v) is 3.62. The number of barbiturate groups is 1. The van der Waals surface area contributed by atoms with E-state index >= 15 is 0 Å². The standard InChI is InChI=1S/C19H16N2O4/c1-2-25-15-10-8-13(9-11-15)12-16-17(22)20-19(24)21(18(16)23)14-6-4-3-5-7-14/h3-12H,2H2,1H3,(H,20,22,24)/b16-12+. The number of amides is 4. The van der Waals surface area contributed by atoms with Crippen LogP contribution in [-0.2, 0) is 9.59 Å². The molecular weight excluding hydrogens is 320 g/mol. The summed E-state index contributed by atoms with van der Waals surface area (Å²) < 4.78 is 5.36. The van der Waals surface area contributed by atoms with Gasteiger partial charge in [0.2, 0.25) is 0 Å². The largest absolute Gasteiger partial charge is 0.494 e. The highest BCUT2D eigenvalue weighted by atomic mass is 16.5. The Hall–Kier alpha value is -3.41. The SMILES string of the molecule is CCOc1ccc(/C=C2\C(=O)NC(=O)N(c3ccccc3)C2=O)cc1. The van der Waals surface area contributed by atoms with Crippen LogP contribution in [0.1, 0.15) is 12.5 Å². The number of nitrogens with zero attached hydrogens (tertiary/aromatic N) is 1. The second kappa shape index (κ2) is 7.00. The van der Waals surface area contributed by atoms with Gasteiger partial charge in [0.05, 0.1) is 12.3 Å². The summed E-state index contributed by atoms with van der Waals surface area (Å²) in [5.41, 5.74) is 0.951. The summed E-state index contributed by atoms with van der Waals surface area (Å²) in [6.45, 7) is 2.44. The van der Waals surface area contributed by atoms with Crippen molar-refractivity contribution in [3.63, 3.8) is 0 Å². The van der Waals surface area contributed by atoms with Gasteiger partial charge >= 0.3 is 6.03 Å². The van der Waals surface area contributed by atoms with Crippen molar-refractivity contribution in [1.82, 2.24) is 5.32 Å². The molecule has 3 rings (SSSR count). The fourth-order valence-electron chi connectivity index (χ4n) is 2.46. The topological polar surface area (TPSA) is 75.7 Å². The van der Waals surface area contributed by atoms with E-state index in [1.165, 1.54) is 6.08 Å². The molecule has 0 aliphatic carbocycles. The van der Waals surface area contributed by atoms with Gasteiger partial charge in [0.1, 0.15) is 11.3 Å². The van der Waals surface area contributed by atoms with E-state index in [9.17, 15) is 14.4 Å². The van der Waals surface area contributed by atoms with Gasteiger partial charge in [-0.3, -0.25) is 14.9 Å². The van der Waals surface area contributed by atoms with E-state index in [1.807, 2.05) is 6.92 Å². The predicted molar refractivity (Wildman–Crippen MR) is 93.1 cm³/mol. The van der Waals surface area contributed by atoms with Crippen LogP contribution >= 0.6 is 0 Å². The van der Waals surface area contributed by atoms with Gasteiger partial charge < -0.3 is 4.74 Å². The number of urea groups is 1. The first-order chi connectivity index (χ1) is 12.1. The minimum absolute atomic E-state index is 0.104. The van der Waals surface area contributed by atoms with Crippen molar-refractivity contribution < 1.29 is 19.1 Å². The summed E-state index contributed by atoms with van der Waals surface area (Å²) in [4.78, 5) is 37.8. The van der Waals surface area contributed by atoms with Crippen LogP contribution in [0.4, 0.5) is 10.5 Å². The van der Waals surface area contributed by atoms with Crippen LogP contribution in [0, 0.1) is 0 Å². The number of para-hydroxylation sites is 1. The average molecular weight is 336 g/mol. The Morgan fingerprint density at radius 2 is 1.68 bits per heavy atom. The number of hydrogen-bond donors (Lipinski definition) is 1. The summed E-state index contributed by atoms with van der Waals surface area (Å²) in [7, 11) is 0. The minimum Gasteiger partial charge on any atom is -0.494 e. The zero-order valence-corrected chi connectivity index (χ0v) is 13.6. The smallest absolute Gasteiger partial charge is 0.335 e. The third kappa shape index (κ3) is 3.42. The van der Waals surface area contributed by atoms with E-state index < -0.39 is 17.8 Å². The Morgan fingerprint density at radius 1 is 1.00 bits per heavy atom. The maximum atomic E-state index is 12.7. The van der Waals surface area contributed by atoms with E-state index in [2.05, 4.69) is 5.32 Å². The van der Waals surface area contributed by atoms with Crippen molar-refractivity contribution in [2.75, 3.05) is 11.5 Å². The summed E-state index contributed by atoms with van der Waals surface area (Å²) in [5, 5.41) is 2.19. The Labute approximate surface area is 144 Å². The molecule has 0 radical (unpaired) electrons. The first-order valence-corrected chi connectivity index (χ1v) is 7.79. The number of hydrogen-bond acceptors (Lipinski definition) is 4. The number of benzene rings is 2. The molecule has 1 N–H and O–H groups in total. The number of rotatable bonds is 4. The zero-order chi connectivity index (χ0) is 17.8. The first kappa shape index (κ1) is 16.4. The normalized spacial score (nSPS) is 16.1. The second-order valence-corrected chi connectivity index (χ2v) is 5.30. The van der Waals surface area contributed by atoms with Gasteiger partial charge in [0.25, 0.3) is 11.8 Å². The molecule has 2 aromatic carbocycles. The van der Waals surface area contributed by atoms with Crippen molar-refractivity contribution in [2.24, 2.45) is 0 Å². The molecule has 0 bridgehead atoms. The molecular formula is C19H16N2O4. The van der Waals surface area contributed by atoms with Gasteiger partial charge in [-0.2, -0.15) is 0 Å². The molecule has 25 heavy (non-hydrogen) atoms. The van der Waals surface area contributed by atoms with Gasteiger partial charge in [-0.15, -0.1) is 0 Å². The van der Waals surface area contributed by atoms with E-state index in [-0.39, 0.29) is 5.57 Å². The van der Waals surface area contributed by atoms with Crippen LogP contribution in [0.3, 0.4) is 0 Å². The maximum Gasteiger partial charge on any atom is 0.335 e. The quantitative estimate of drug-likeness (QED) is 0.688. The lowest BCUT2D eigenvalue weighted by molar-refractivity contribution is -0.122. The second-order valence-electron chi connectivity index (χ2n) is 5.30. The van der Waals surface area contributed by atoms with Gasteiger partial charge in [-0.05, 0) is 42.8 Å². The maximum absolute atomic E-state index is 12.7. The molecule has 126 valence electrons. The Balaban J connectivity index is 1.93. The number of anilines is 1. The van der Waals surface area contributed by atoms with E-state index in [0.717, 1.165) is 4.90 Å². The van der Waals surface area contributed by atoms with E-state index in [4.69, 9.17) is 4.74 Å². The first-order valence-electron chi connectivity index (χ1n) is 7.79. The van der Waals surface area contributed by atoms with Crippen LogP contribution < -0.4 is 15.0 Å². The molecule has 1 saturated heterocycles. The summed E-state index contributed by atoms with van der Waals surface area (Å²) in [6, 6.07) is 14.7. The fourth-order valence-corrected chi connectivity index (χ4v) is 2.46. The molecule has 1 fully saturated rings. The van der Waals surface area contributed by atoms with Gasteiger partial charge in [-0.25, -0.2) is 9.69 Å². The van der Waals surface area contributed by atoms with E-state index in [1.54, 1.807) is 54.6 Å². The summed E-state index contributed by atoms with van der Waals surface area (Å²) in [5.74, 6) is -0.671. The number of carbonyl (C=O) groups excluding carboxylic acids is 3. The van der Waals surface area contributed by atoms with Crippen molar-refractivity contribution in [1.29, 1.82) is 0 Å². The van der Waals surface area contributed by atoms with Crippen LogP contribution in [0.15, 0.2) is 60.2 Å². The van der Waals surface area contributed by atoms with Crippen LogP contribution in [0.25, 0.3) is 6.08 Å². The lowest BCUT2D eigenvalue weighted by Crippen LogP contribution is -2.54. The van der Waals surface area contributed by atoms with Crippen molar-refractivity contribution in [2.45, 2.75) is 6.92 Å². The minimum atomic E-state index is -0.759. The Bertz CT molecular complexity index is 841. The molecule has 6 heteroatoms. The number of nitrogens with one attached hydrogen (secondary N) is 1. The molecule has 0 spiro atoms. The van der Waals surface area contributed by atoms with E-state index in [0.29, 0.717) is 23.6 Å². The van der Waals surface area contributed by atoms with Gasteiger partial charge in [-0.1, -0.05) is 30.3 Å². The Kier molecular flexibility index (Phi) is 4.61. The number of ether oxygens (including phenoxy) is 1. The Morgan fingerprint density at radius 3 is 2.32 bits per heavy atom. The zero-order valence-electron chi connectivity index (χ0n) is 13.6. The van der Waals surface area contributed by atoms with Crippen LogP contribution in [0.2, 0.25) is 0 Å². The highest BCUT2D eigenvalue weighted by Gasteiger charge is 2.36. The molecule has 1 aliphatic heterocycles. The fraction of sp³-hybridized carbons (Fsp3) is 0.105.